The van der Waals surface area contributed by atoms with E-state index in [4.69, 9.17) is 5.11 Å². The molecule has 0 spiro atoms. The lowest BCUT2D eigenvalue weighted by molar-refractivity contribution is 0.0700. The topological polar surface area (TPSA) is 73.7 Å². The number of aromatic nitrogens is 1. The van der Waals surface area contributed by atoms with Crippen molar-refractivity contribution in [2.75, 3.05) is 26.2 Å². The molecule has 0 aliphatic heterocycles. The fraction of sp³-hybridized carbons (Fsp3) is 0.714. The molecule has 1 rings (SSSR count). The van der Waals surface area contributed by atoms with Crippen LogP contribution in [0.2, 0.25) is 0 Å². The molecule has 0 saturated heterocycles. The summed E-state index contributed by atoms with van der Waals surface area (Å²) in [5, 5.41) is 19.0. The van der Waals surface area contributed by atoms with Crippen molar-refractivity contribution in [2.45, 2.75) is 39.5 Å². The van der Waals surface area contributed by atoms with Crippen molar-refractivity contribution >= 4 is 17.3 Å². The number of hydrogen-bond donors (Lipinski definition) is 2. The van der Waals surface area contributed by atoms with Gasteiger partial charge < -0.3 is 15.1 Å². The van der Waals surface area contributed by atoms with Crippen molar-refractivity contribution < 1.29 is 15.0 Å². The monoisotopic (exact) mass is 300 g/mol. The first-order chi connectivity index (χ1) is 9.62. The molecule has 1 aromatic rings. The van der Waals surface area contributed by atoms with Crippen LogP contribution in [0.4, 0.5) is 0 Å². The van der Waals surface area contributed by atoms with Gasteiger partial charge >= 0.3 is 5.97 Å². The van der Waals surface area contributed by atoms with Crippen molar-refractivity contribution in [1.29, 1.82) is 0 Å². The van der Waals surface area contributed by atoms with Crippen LogP contribution in [0.5, 0.6) is 0 Å². The zero-order chi connectivity index (χ0) is 15.0. The number of carboxylic acid groups (broad SMARTS) is 1. The van der Waals surface area contributed by atoms with Gasteiger partial charge in [-0.3, -0.25) is 0 Å². The largest absolute Gasteiger partial charge is 0.477 e. The van der Waals surface area contributed by atoms with Crippen molar-refractivity contribution in [3.05, 3.63) is 15.6 Å². The molecule has 0 bridgehead atoms. The fourth-order valence-corrected chi connectivity index (χ4v) is 2.95. The maximum Gasteiger partial charge on any atom is 0.347 e. The van der Waals surface area contributed by atoms with E-state index in [1.54, 1.807) is 0 Å². The van der Waals surface area contributed by atoms with E-state index in [9.17, 15) is 9.90 Å². The SMILES string of the molecule is CCCCc1nc(CCN(CC)CCO)sc1C(=O)O. The zero-order valence-electron chi connectivity index (χ0n) is 12.3. The number of carbonyl (C=O) groups is 1. The summed E-state index contributed by atoms with van der Waals surface area (Å²) in [6.07, 6.45) is 3.48. The second-order valence-electron chi connectivity index (χ2n) is 4.70. The Morgan fingerprint density at radius 2 is 2.05 bits per heavy atom. The summed E-state index contributed by atoms with van der Waals surface area (Å²) in [7, 11) is 0. The van der Waals surface area contributed by atoms with Gasteiger partial charge in [0.15, 0.2) is 0 Å². The molecule has 1 aromatic heterocycles. The molecule has 5 nitrogen and oxygen atoms in total. The van der Waals surface area contributed by atoms with Crippen LogP contribution in [-0.2, 0) is 12.8 Å². The van der Waals surface area contributed by atoms with E-state index in [0.29, 0.717) is 11.4 Å². The number of aromatic carboxylic acids is 1. The zero-order valence-corrected chi connectivity index (χ0v) is 13.1. The third-order valence-electron chi connectivity index (χ3n) is 3.21. The van der Waals surface area contributed by atoms with E-state index in [0.717, 1.165) is 49.5 Å². The van der Waals surface area contributed by atoms with Gasteiger partial charge in [-0.2, -0.15) is 0 Å². The van der Waals surface area contributed by atoms with Crippen LogP contribution in [0.25, 0.3) is 0 Å². The highest BCUT2D eigenvalue weighted by atomic mass is 32.1. The molecule has 0 amide bonds. The van der Waals surface area contributed by atoms with Crippen molar-refractivity contribution in [3.8, 4) is 0 Å². The Morgan fingerprint density at radius 1 is 1.30 bits per heavy atom. The maximum atomic E-state index is 11.2. The van der Waals surface area contributed by atoms with Gasteiger partial charge in [0, 0.05) is 19.5 Å². The molecule has 0 aliphatic rings. The van der Waals surface area contributed by atoms with Gasteiger partial charge in [0.25, 0.3) is 0 Å². The van der Waals surface area contributed by atoms with Crippen LogP contribution < -0.4 is 0 Å². The van der Waals surface area contributed by atoms with Crippen LogP contribution >= 0.6 is 11.3 Å². The standard InChI is InChI=1S/C14H24N2O3S/c1-3-5-6-11-13(14(18)19)20-12(15-11)7-8-16(4-2)9-10-17/h17H,3-10H2,1-2H3,(H,18,19). The molecule has 0 radical (unpaired) electrons. The number of nitrogens with zero attached hydrogens (tertiary/aromatic N) is 2. The molecule has 0 aromatic carbocycles. The number of carboxylic acids is 1. The van der Waals surface area contributed by atoms with E-state index in [2.05, 4.69) is 16.8 Å². The van der Waals surface area contributed by atoms with Gasteiger partial charge in [-0.05, 0) is 19.4 Å². The van der Waals surface area contributed by atoms with Gasteiger partial charge in [-0.15, -0.1) is 11.3 Å². The van der Waals surface area contributed by atoms with Gasteiger partial charge in [-0.1, -0.05) is 20.3 Å². The maximum absolute atomic E-state index is 11.2. The minimum Gasteiger partial charge on any atom is -0.477 e. The summed E-state index contributed by atoms with van der Waals surface area (Å²) in [6, 6.07) is 0. The molecular weight excluding hydrogens is 276 g/mol. The number of likely N-dealkylation sites (N-methyl/N-ethyl adjacent to an activating group) is 1. The predicted octanol–water partition coefficient (Wildman–Crippen LogP) is 2.04. The molecular formula is C14H24N2O3S. The molecule has 0 unspecified atom stereocenters. The Morgan fingerprint density at radius 3 is 2.60 bits per heavy atom. The average Bonchev–Trinajstić information content (AvgIpc) is 2.84. The molecule has 1 heterocycles. The minimum absolute atomic E-state index is 0.147. The third kappa shape index (κ3) is 5.19. The third-order valence-corrected chi connectivity index (χ3v) is 4.35. The van der Waals surface area contributed by atoms with E-state index >= 15 is 0 Å². The van der Waals surface area contributed by atoms with Gasteiger partial charge in [-0.25, -0.2) is 9.78 Å². The van der Waals surface area contributed by atoms with Crippen molar-refractivity contribution in [2.24, 2.45) is 0 Å². The van der Waals surface area contributed by atoms with Gasteiger partial charge in [0.2, 0.25) is 0 Å². The molecule has 0 fully saturated rings. The Kier molecular flexibility index (Phi) is 7.72. The molecule has 0 aliphatic carbocycles. The predicted molar refractivity (Wildman–Crippen MR) is 80.6 cm³/mol. The quantitative estimate of drug-likeness (QED) is 0.692. The van der Waals surface area contributed by atoms with Gasteiger partial charge in [0.1, 0.15) is 4.88 Å². The van der Waals surface area contributed by atoms with Crippen LogP contribution in [0.1, 0.15) is 47.1 Å². The summed E-state index contributed by atoms with van der Waals surface area (Å²) >= 11 is 1.29. The number of aryl methyl sites for hydroxylation is 1. The van der Waals surface area contributed by atoms with Crippen molar-refractivity contribution in [1.82, 2.24) is 9.88 Å². The highest BCUT2D eigenvalue weighted by Gasteiger charge is 2.17. The summed E-state index contributed by atoms with van der Waals surface area (Å²) in [6.45, 7) is 6.61. The summed E-state index contributed by atoms with van der Waals surface area (Å²) in [4.78, 5) is 18.2. The second kappa shape index (κ2) is 9.05. The van der Waals surface area contributed by atoms with E-state index in [1.165, 1.54) is 11.3 Å². The summed E-state index contributed by atoms with van der Waals surface area (Å²) in [5.74, 6) is -0.873. The van der Waals surface area contributed by atoms with Crippen LogP contribution in [0, 0.1) is 0 Å². The van der Waals surface area contributed by atoms with E-state index in [1.807, 2.05) is 6.92 Å². The minimum atomic E-state index is -0.873. The van der Waals surface area contributed by atoms with Crippen LogP contribution in [0.3, 0.4) is 0 Å². The van der Waals surface area contributed by atoms with Crippen LogP contribution in [0.15, 0.2) is 0 Å². The molecule has 2 N–H and O–H groups in total. The Bertz CT molecular complexity index is 421. The fourth-order valence-electron chi connectivity index (χ4n) is 2.01. The first-order valence-corrected chi connectivity index (χ1v) is 7.99. The van der Waals surface area contributed by atoms with E-state index in [-0.39, 0.29) is 6.61 Å². The summed E-state index contributed by atoms with van der Waals surface area (Å²) < 4.78 is 0. The first kappa shape index (κ1) is 17.1. The van der Waals surface area contributed by atoms with Crippen LogP contribution in [-0.4, -0.2) is 52.3 Å². The smallest absolute Gasteiger partial charge is 0.347 e. The molecule has 0 atom stereocenters. The Labute approximate surface area is 124 Å². The lowest BCUT2D eigenvalue weighted by Gasteiger charge is -2.17. The summed E-state index contributed by atoms with van der Waals surface area (Å²) in [5.41, 5.74) is 0.726. The highest BCUT2D eigenvalue weighted by Crippen LogP contribution is 2.21. The number of unbranched alkanes of at least 4 members (excludes halogenated alkanes) is 1. The molecule has 0 saturated carbocycles. The normalized spacial score (nSPS) is 11.2. The lowest BCUT2D eigenvalue weighted by atomic mass is 10.2. The Hall–Kier alpha value is -0.980. The van der Waals surface area contributed by atoms with Gasteiger partial charge in [0.05, 0.1) is 17.3 Å². The van der Waals surface area contributed by atoms with Crippen molar-refractivity contribution in [3.63, 3.8) is 0 Å². The van der Waals surface area contributed by atoms with E-state index < -0.39 is 5.97 Å². The average molecular weight is 300 g/mol. The number of rotatable bonds is 10. The molecule has 20 heavy (non-hydrogen) atoms. The lowest BCUT2D eigenvalue weighted by Crippen LogP contribution is -2.28. The first-order valence-electron chi connectivity index (χ1n) is 7.17. The molecule has 6 heteroatoms. The number of aliphatic hydroxyl groups excluding tert-OH is 1. The number of thiazole rings is 1. The number of hydrogen-bond acceptors (Lipinski definition) is 5. The Balaban J connectivity index is 2.68. The number of aliphatic hydroxyl groups is 1. The second-order valence-corrected chi connectivity index (χ2v) is 5.78. The highest BCUT2D eigenvalue weighted by molar-refractivity contribution is 7.13. The molecule has 114 valence electrons.